The summed E-state index contributed by atoms with van der Waals surface area (Å²) in [6.45, 7) is 1.06. The van der Waals surface area contributed by atoms with Crippen molar-refractivity contribution >= 4 is 40.3 Å². The van der Waals surface area contributed by atoms with Crippen LogP contribution in [0.1, 0.15) is 31.2 Å². The maximum atomic E-state index is 12.6. The predicted octanol–water partition coefficient (Wildman–Crippen LogP) is 5.26. The maximum Gasteiger partial charge on any atom is 0.490 e. The lowest BCUT2D eigenvalue weighted by atomic mass is 9.65. The zero-order chi connectivity index (χ0) is 28.1. The number of benzene rings is 2. The molecule has 1 heterocycles. The van der Waals surface area contributed by atoms with E-state index in [0.29, 0.717) is 6.04 Å². The van der Waals surface area contributed by atoms with E-state index in [-0.39, 0.29) is 17.5 Å². The highest BCUT2D eigenvalue weighted by Crippen LogP contribution is 2.49. The summed E-state index contributed by atoms with van der Waals surface area (Å²) in [7, 11) is 5.55. The molecule has 1 aliphatic heterocycles. The number of alkyl halides is 3. The Morgan fingerprint density at radius 2 is 1.76 bits per heavy atom. The van der Waals surface area contributed by atoms with Gasteiger partial charge in [0.05, 0.1) is 19.9 Å². The number of amides is 2. The molecule has 0 spiro atoms. The van der Waals surface area contributed by atoms with Crippen LogP contribution in [0.15, 0.2) is 42.5 Å². The lowest BCUT2D eigenvalue weighted by molar-refractivity contribution is -0.192. The van der Waals surface area contributed by atoms with Crippen molar-refractivity contribution < 1.29 is 37.3 Å². The number of urea groups is 1. The van der Waals surface area contributed by atoms with Crippen LogP contribution in [0.4, 0.5) is 23.7 Å². The van der Waals surface area contributed by atoms with E-state index in [2.05, 4.69) is 57.3 Å². The number of carbonyl (C=O) groups excluding carboxylic acids is 1. The number of carboxylic acids is 1. The summed E-state index contributed by atoms with van der Waals surface area (Å²) in [5, 5.41) is 13.3. The van der Waals surface area contributed by atoms with Crippen molar-refractivity contribution in [2.75, 3.05) is 33.1 Å². The molecule has 2 fully saturated rings. The second-order valence-corrected chi connectivity index (χ2v) is 10.5. The molecular weight excluding hydrogens is 618 g/mol. The number of likely N-dealkylation sites (tertiary alicyclic amines) is 1. The lowest BCUT2D eigenvalue weighted by Gasteiger charge is -2.45. The van der Waals surface area contributed by atoms with E-state index in [1.165, 1.54) is 5.56 Å². The largest absolute Gasteiger partial charge is 0.493 e. The first-order valence-corrected chi connectivity index (χ1v) is 13.0. The molecule has 208 valence electrons. The number of fused-ring (bicyclic) bond motifs is 1. The number of carbonyl (C=O) groups is 2. The van der Waals surface area contributed by atoms with Crippen LogP contribution in [0.2, 0.25) is 0 Å². The topological polar surface area (TPSA) is 100 Å². The molecule has 0 radical (unpaired) electrons. The number of nitrogens with one attached hydrogen (secondary N) is 2. The van der Waals surface area contributed by atoms with E-state index in [9.17, 15) is 18.0 Å². The predicted molar refractivity (Wildman–Crippen MR) is 145 cm³/mol. The Morgan fingerprint density at radius 3 is 2.37 bits per heavy atom. The van der Waals surface area contributed by atoms with Crippen molar-refractivity contribution in [1.29, 1.82) is 0 Å². The Hall–Kier alpha value is -2.74. The molecule has 0 unspecified atom stereocenters. The molecule has 1 aliphatic carbocycles. The number of likely N-dealkylation sites (N-methyl/N-ethyl adjacent to an activating group) is 1. The maximum absolute atomic E-state index is 12.6. The Morgan fingerprint density at radius 1 is 1.11 bits per heavy atom. The third-order valence-corrected chi connectivity index (χ3v) is 8.13. The van der Waals surface area contributed by atoms with Crippen molar-refractivity contribution in [2.45, 2.75) is 49.4 Å². The number of hydrogen-bond donors (Lipinski definition) is 3. The molecule has 1 saturated heterocycles. The Kier molecular flexibility index (Phi) is 9.74. The summed E-state index contributed by atoms with van der Waals surface area (Å²) in [5.74, 6) is -1.22. The van der Waals surface area contributed by atoms with E-state index in [0.717, 1.165) is 53.0 Å². The summed E-state index contributed by atoms with van der Waals surface area (Å²) in [6, 6.07) is 14.6. The molecule has 3 N–H and O–H groups in total. The second kappa shape index (κ2) is 12.4. The first-order valence-electron chi connectivity index (χ1n) is 12.0. The van der Waals surface area contributed by atoms with Crippen molar-refractivity contribution in [2.24, 2.45) is 0 Å². The first kappa shape index (κ1) is 29.8. The highest BCUT2D eigenvalue weighted by molar-refractivity contribution is 14.1. The van der Waals surface area contributed by atoms with E-state index in [1.807, 2.05) is 30.3 Å². The standard InChI is InChI=1S/C24H30IN3O3.C2HF3O2/c1-28-13-12-24(16-8-9-20(30-2)21(14-16)31-3)11-10-17(15-22(24)28)26-23(29)27-19-7-5-4-6-18(19)25;3-2(4,5)1(6)7/h4-9,14,17,22H,10-13,15H2,1-3H3,(H2,26,27,29);(H,6,7)/t17-,22+,24+;/m1./s1. The molecule has 2 aliphatic rings. The van der Waals surface area contributed by atoms with Gasteiger partial charge in [0, 0.05) is 21.1 Å². The number of nitrogens with zero attached hydrogens (tertiary/aromatic N) is 1. The van der Waals surface area contributed by atoms with Crippen molar-refractivity contribution in [3.05, 3.63) is 51.6 Å². The minimum atomic E-state index is -5.08. The molecule has 8 nitrogen and oxygen atoms in total. The number of carboxylic acid groups (broad SMARTS) is 1. The molecule has 0 bridgehead atoms. The fourth-order valence-electron chi connectivity index (χ4n) is 5.30. The monoisotopic (exact) mass is 649 g/mol. The zero-order valence-corrected chi connectivity index (χ0v) is 23.4. The van der Waals surface area contributed by atoms with E-state index in [1.54, 1.807) is 14.2 Å². The Balaban J connectivity index is 0.000000505. The fraction of sp³-hybridized carbons (Fsp3) is 0.462. The third-order valence-electron chi connectivity index (χ3n) is 7.19. The Bertz CT molecular complexity index is 1150. The van der Waals surface area contributed by atoms with Gasteiger partial charge in [-0.3, -0.25) is 0 Å². The van der Waals surface area contributed by atoms with Crippen LogP contribution in [0.5, 0.6) is 11.5 Å². The van der Waals surface area contributed by atoms with Gasteiger partial charge in [-0.15, -0.1) is 0 Å². The van der Waals surface area contributed by atoms with Gasteiger partial charge in [0.15, 0.2) is 11.5 Å². The fourth-order valence-corrected chi connectivity index (χ4v) is 5.82. The number of ether oxygens (including phenoxy) is 2. The number of methoxy groups -OCH3 is 2. The highest BCUT2D eigenvalue weighted by Gasteiger charge is 2.50. The van der Waals surface area contributed by atoms with E-state index >= 15 is 0 Å². The van der Waals surface area contributed by atoms with Crippen LogP contribution in [0, 0.1) is 3.57 Å². The van der Waals surface area contributed by atoms with Crippen molar-refractivity contribution in [3.8, 4) is 11.5 Å². The molecule has 12 heteroatoms. The average Bonchev–Trinajstić information content (AvgIpc) is 3.21. The number of hydrogen-bond acceptors (Lipinski definition) is 5. The molecule has 38 heavy (non-hydrogen) atoms. The summed E-state index contributed by atoms with van der Waals surface area (Å²) in [4.78, 5) is 24.0. The van der Waals surface area contributed by atoms with Crippen LogP contribution in [0.25, 0.3) is 0 Å². The van der Waals surface area contributed by atoms with Gasteiger partial charge in [0.2, 0.25) is 0 Å². The minimum Gasteiger partial charge on any atom is -0.493 e. The number of halogens is 4. The summed E-state index contributed by atoms with van der Waals surface area (Å²) in [6.07, 6.45) is -1.04. The first-order chi connectivity index (χ1) is 17.9. The van der Waals surface area contributed by atoms with Crippen LogP contribution in [-0.4, -0.2) is 68.1 Å². The smallest absolute Gasteiger partial charge is 0.490 e. The molecule has 3 atom stereocenters. The number of anilines is 1. The molecule has 2 aromatic rings. The molecule has 0 aromatic heterocycles. The minimum absolute atomic E-state index is 0.0811. The Labute approximate surface area is 233 Å². The molecular formula is C26H31F3IN3O5. The summed E-state index contributed by atoms with van der Waals surface area (Å²) in [5.41, 5.74) is 2.23. The zero-order valence-electron chi connectivity index (χ0n) is 21.3. The van der Waals surface area contributed by atoms with Crippen molar-refractivity contribution in [3.63, 3.8) is 0 Å². The summed E-state index contributed by atoms with van der Waals surface area (Å²) >= 11 is 2.24. The molecule has 2 amide bonds. The second-order valence-electron chi connectivity index (χ2n) is 9.32. The number of rotatable bonds is 5. The van der Waals surface area contributed by atoms with Gasteiger partial charge in [0.25, 0.3) is 0 Å². The van der Waals surface area contributed by atoms with Gasteiger partial charge < -0.3 is 30.1 Å². The van der Waals surface area contributed by atoms with Crippen molar-refractivity contribution in [1.82, 2.24) is 10.2 Å². The average molecular weight is 649 g/mol. The molecule has 2 aromatic carbocycles. The van der Waals surface area contributed by atoms with E-state index < -0.39 is 12.1 Å². The van der Waals surface area contributed by atoms with Gasteiger partial charge in [-0.05, 0) is 91.7 Å². The lowest BCUT2D eigenvalue weighted by Crippen LogP contribution is -2.52. The van der Waals surface area contributed by atoms with Gasteiger partial charge >= 0.3 is 18.2 Å². The molecule has 4 rings (SSSR count). The van der Waals surface area contributed by atoms with Gasteiger partial charge in [-0.1, -0.05) is 18.2 Å². The molecule has 1 saturated carbocycles. The summed E-state index contributed by atoms with van der Waals surface area (Å²) < 4.78 is 43.8. The van der Waals surface area contributed by atoms with Gasteiger partial charge in [-0.2, -0.15) is 13.2 Å². The van der Waals surface area contributed by atoms with Gasteiger partial charge in [-0.25, -0.2) is 9.59 Å². The van der Waals surface area contributed by atoms with Crippen LogP contribution in [0.3, 0.4) is 0 Å². The van der Waals surface area contributed by atoms with E-state index in [4.69, 9.17) is 19.4 Å². The number of aliphatic carboxylic acids is 1. The van der Waals surface area contributed by atoms with Crippen LogP contribution < -0.4 is 20.1 Å². The van der Waals surface area contributed by atoms with Crippen LogP contribution in [-0.2, 0) is 10.2 Å². The normalized spacial score (nSPS) is 22.9. The SMILES string of the molecule is COc1ccc([C@@]23CC[C@@H](NC(=O)Nc4ccccc4I)C[C@@H]2N(C)CC3)cc1OC.O=C(O)C(F)(F)F. The van der Waals surface area contributed by atoms with Gasteiger partial charge in [0.1, 0.15) is 0 Å². The third kappa shape index (κ3) is 6.82. The van der Waals surface area contributed by atoms with Crippen LogP contribution >= 0.6 is 22.6 Å². The highest BCUT2D eigenvalue weighted by atomic mass is 127. The quantitative estimate of drug-likeness (QED) is 0.383. The number of para-hydroxylation sites is 1.